The third-order valence-electron chi connectivity index (χ3n) is 5.02. The van der Waals surface area contributed by atoms with E-state index in [1.54, 1.807) is 16.6 Å². The van der Waals surface area contributed by atoms with E-state index in [0.29, 0.717) is 31.1 Å². The molecule has 2 amide bonds. The van der Waals surface area contributed by atoms with Crippen molar-refractivity contribution in [1.82, 2.24) is 24.9 Å². The van der Waals surface area contributed by atoms with Crippen LogP contribution in [0, 0.1) is 5.92 Å². The molecule has 1 atom stereocenters. The Morgan fingerprint density at radius 3 is 2.90 bits per heavy atom. The Bertz CT molecular complexity index is 957. The van der Waals surface area contributed by atoms with E-state index in [9.17, 15) is 9.59 Å². The number of aromatic nitrogens is 4. The number of carbonyl (C=O) groups is 2. The van der Waals surface area contributed by atoms with Crippen molar-refractivity contribution in [2.75, 3.05) is 18.4 Å². The molecule has 8 nitrogen and oxygen atoms in total. The number of hydrogen-bond acceptors (Lipinski definition) is 6. The lowest BCUT2D eigenvalue weighted by molar-refractivity contribution is -0.134. The molecule has 4 rings (SSSR count). The number of anilines is 1. The van der Waals surface area contributed by atoms with E-state index >= 15 is 0 Å². The highest BCUT2D eigenvalue weighted by Crippen LogP contribution is 2.20. The van der Waals surface area contributed by atoms with Crippen molar-refractivity contribution >= 4 is 28.3 Å². The molecule has 1 fully saturated rings. The summed E-state index contributed by atoms with van der Waals surface area (Å²) in [5.74, 6) is -0.230. The van der Waals surface area contributed by atoms with Crippen LogP contribution in [0.25, 0.3) is 5.69 Å². The second-order valence-electron chi connectivity index (χ2n) is 7.04. The first-order chi connectivity index (χ1) is 14.2. The van der Waals surface area contributed by atoms with Gasteiger partial charge in [0.2, 0.25) is 16.9 Å². The summed E-state index contributed by atoms with van der Waals surface area (Å²) in [5, 5.41) is 15.2. The number of nitrogens with zero attached hydrogens (tertiary/aromatic N) is 5. The van der Waals surface area contributed by atoms with E-state index in [4.69, 9.17) is 0 Å². The van der Waals surface area contributed by atoms with Crippen molar-refractivity contribution in [1.29, 1.82) is 0 Å². The normalized spacial score (nSPS) is 16.6. The summed E-state index contributed by atoms with van der Waals surface area (Å²) in [6, 6.07) is 9.88. The summed E-state index contributed by atoms with van der Waals surface area (Å²) in [5.41, 5.74) is 3.59. The van der Waals surface area contributed by atoms with Crippen LogP contribution in [-0.4, -0.2) is 49.8 Å². The van der Waals surface area contributed by atoms with Gasteiger partial charge in [-0.05, 0) is 37.0 Å². The summed E-state index contributed by atoms with van der Waals surface area (Å²) in [7, 11) is 0. The van der Waals surface area contributed by atoms with Gasteiger partial charge in [-0.2, -0.15) is 5.10 Å². The molecule has 3 aromatic rings. The monoisotopic (exact) mass is 410 g/mol. The Kier molecular flexibility index (Phi) is 5.95. The van der Waals surface area contributed by atoms with E-state index in [-0.39, 0.29) is 17.7 Å². The largest absolute Gasteiger partial charge is 0.342 e. The Balaban J connectivity index is 1.29. The van der Waals surface area contributed by atoms with Crippen molar-refractivity contribution in [3.63, 3.8) is 0 Å². The molecule has 0 radical (unpaired) electrons. The molecule has 0 spiro atoms. The van der Waals surface area contributed by atoms with E-state index in [1.165, 1.54) is 11.3 Å². The number of piperidine rings is 1. The van der Waals surface area contributed by atoms with Crippen LogP contribution >= 0.6 is 11.3 Å². The zero-order valence-electron chi connectivity index (χ0n) is 15.9. The number of likely N-dealkylation sites (tertiary alicyclic amines) is 1. The molecule has 9 heteroatoms. The van der Waals surface area contributed by atoms with Crippen molar-refractivity contribution in [3.05, 3.63) is 53.8 Å². The molecule has 1 aromatic carbocycles. The molecule has 1 N–H and O–H groups in total. The molecule has 3 heterocycles. The highest BCUT2D eigenvalue weighted by atomic mass is 32.1. The molecular formula is C20H22N6O2S. The fraction of sp³-hybridized carbons (Fsp3) is 0.350. The van der Waals surface area contributed by atoms with Gasteiger partial charge in [-0.1, -0.05) is 29.5 Å². The van der Waals surface area contributed by atoms with Crippen molar-refractivity contribution < 1.29 is 9.59 Å². The average molecular weight is 411 g/mol. The second-order valence-corrected chi connectivity index (χ2v) is 7.87. The Morgan fingerprint density at radius 2 is 2.10 bits per heavy atom. The van der Waals surface area contributed by atoms with Gasteiger partial charge in [0.1, 0.15) is 5.51 Å². The fourth-order valence-electron chi connectivity index (χ4n) is 3.47. The highest BCUT2D eigenvalue weighted by molar-refractivity contribution is 7.13. The minimum absolute atomic E-state index is 0.0749. The number of carbonyl (C=O) groups excluding carboxylic acids is 2. The predicted octanol–water partition coefficient (Wildman–Crippen LogP) is 2.53. The smallest absolute Gasteiger partial charge is 0.231 e. The second kappa shape index (κ2) is 8.95. The molecule has 1 aliphatic heterocycles. The molecule has 0 aliphatic carbocycles. The topological polar surface area (TPSA) is 93.0 Å². The number of aryl methyl sites for hydroxylation is 1. The predicted molar refractivity (Wildman–Crippen MR) is 110 cm³/mol. The molecule has 1 aliphatic rings. The van der Waals surface area contributed by atoms with Gasteiger partial charge in [-0.25, -0.2) is 4.68 Å². The molecular weight excluding hydrogens is 388 g/mol. The number of para-hydroxylation sites is 1. The minimum atomic E-state index is -0.211. The SMILES string of the molecule is O=C(Nc1nncs1)[C@@H]1CCCN(C(=O)CCc2cnn(-c3ccccc3)c2)C1. The number of rotatable bonds is 6. The first-order valence-electron chi connectivity index (χ1n) is 9.63. The van der Waals surface area contributed by atoms with Crippen LogP contribution in [0.4, 0.5) is 5.13 Å². The van der Waals surface area contributed by atoms with Crippen LogP contribution in [0.1, 0.15) is 24.8 Å². The van der Waals surface area contributed by atoms with E-state index in [1.807, 2.05) is 41.2 Å². The average Bonchev–Trinajstić information content (AvgIpc) is 3.45. The summed E-state index contributed by atoms with van der Waals surface area (Å²) >= 11 is 1.29. The molecule has 0 unspecified atom stereocenters. The van der Waals surface area contributed by atoms with Gasteiger partial charge in [0, 0.05) is 25.7 Å². The maximum atomic E-state index is 12.7. The quantitative estimate of drug-likeness (QED) is 0.674. The van der Waals surface area contributed by atoms with Crippen LogP contribution in [0.5, 0.6) is 0 Å². The molecule has 2 aromatic heterocycles. The van der Waals surface area contributed by atoms with E-state index in [0.717, 1.165) is 24.1 Å². The van der Waals surface area contributed by atoms with E-state index < -0.39 is 0 Å². The van der Waals surface area contributed by atoms with Crippen LogP contribution in [0.3, 0.4) is 0 Å². The standard InChI is InChI=1S/C20H22N6O2S/c27-18(9-8-15-11-22-26(12-15)17-6-2-1-3-7-17)25-10-4-5-16(13-25)19(28)23-20-24-21-14-29-20/h1-3,6-7,11-12,14,16H,4-5,8-10,13H2,(H,23,24,28)/t16-/m1/s1. The Morgan fingerprint density at radius 1 is 1.24 bits per heavy atom. The van der Waals surface area contributed by atoms with Crippen molar-refractivity contribution in [3.8, 4) is 5.69 Å². The van der Waals surface area contributed by atoms with Crippen LogP contribution in [0.2, 0.25) is 0 Å². The number of benzene rings is 1. The maximum Gasteiger partial charge on any atom is 0.231 e. The lowest BCUT2D eigenvalue weighted by Crippen LogP contribution is -2.43. The molecule has 1 saturated heterocycles. The van der Waals surface area contributed by atoms with Gasteiger partial charge >= 0.3 is 0 Å². The zero-order valence-corrected chi connectivity index (χ0v) is 16.7. The lowest BCUT2D eigenvalue weighted by atomic mass is 9.96. The first-order valence-corrected chi connectivity index (χ1v) is 10.5. The van der Waals surface area contributed by atoms with Gasteiger partial charge in [-0.3, -0.25) is 9.59 Å². The van der Waals surface area contributed by atoms with Gasteiger partial charge in [0.25, 0.3) is 0 Å². The minimum Gasteiger partial charge on any atom is -0.342 e. The Labute approximate surface area is 172 Å². The van der Waals surface area contributed by atoms with Crippen molar-refractivity contribution in [2.24, 2.45) is 5.92 Å². The molecule has 0 bridgehead atoms. The summed E-state index contributed by atoms with van der Waals surface area (Å²) in [6.45, 7) is 1.15. The van der Waals surface area contributed by atoms with Gasteiger partial charge in [0.15, 0.2) is 0 Å². The third-order valence-corrected chi connectivity index (χ3v) is 5.63. The molecule has 0 saturated carbocycles. The number of amides is 2. The van der Waals surface area contributed by atoms with Crippen LogP contribution in [-0.2, 0) is 16.0 Å². The summed E-state index contributed by atoms with van der Waals surface area (Å²) < 4.78 is 1.81. The highest BCUT2D eigenvalue weighted by Gasteiger charge is 2.28. The van der Waals surface area contributed by atoms with E-state index in [2.05, 4.69) is 20.6 Å². The molecule has 150 valence electrons. The van der Waals surface area contributed by atoms with Crippen LogP contribution < -0.4 is 5.32 Å². The third kappa shape index (κ3) is 4.86. The van der Waals surface area contributed by atoms with Crippen LogP contribution in [0.15, 0.2) is 48.2 Å². The first kappa shape index (κ1) is 19.3. The van der Waals surface area contributed by atoms with Crippen molar-refractivity contribution in [2.45, 2.75) is 25.7 Å². The molecule has 29 heavy (non-hydrogen) atoms. The summed E-state index contributed by atoms with van der Waals surface area (Å²) in [4.78, 5) is 26.9. The van der Waals surface area contributed by atoms with Gasteiger partial charge < -0.3 is 10.2 Å². The maximum absolute atomic E-state index is 12.7. The number of hydrogen-bond donors (Lipinski definition) is 1. The van der Waals surface area contributed by atoms with Gasteiger partial charge in [0.05, 0.1) is 17.8 Å². The summed E-state index contributed by atoms with van der Waals surface area (Å²) in [6.07, 6.45) is 6.39. The Hall–Kier alpha value is -3.07. The zero-order chi connectivity index (χ0) is 20.1. The fourth-order valence-corrected chi connectivity index (χ4v) is 3.92. The van der Waals surface area contributed by atoms with Gasteiger partial charge in [-0.15, -0.1) is 10.2 Å². The number of nitrogens with one attached hydrogen (secondary N) is 1. The lowest BCUT2D eigenvalue weighted by Gasteiger charge is -2.32.